The average Bonchev–Trinajstić information content (AvgIpc) is 2.59. The predicted octanol–water partition coefficient (Wildman–Crippen LogP) is 2.88. The van der Waals surface area contributed by atoms with Crippen molar-refractivity contribution in [2.24, 2.45) is 0 Å². The number of hydrogen-bond acceptors (Lipinski definition) is 3. The molecule has 2 rings (SSSR count). The van der Waals surface area contributed by atoms with Gasteiger partial charge in [0.1, 0.15) is 10.8 Å². The van der Waals surface area contributed by atoms with Gasteiger partial charge in [-0.25, -0.2) is 9.37 Å². The molecule has 3 nitrogen and oxygen atoms in total. The van der Waals surface area contributed by atoms with E-state index in [1.807, 2.05) is 6.92 Å². The summed E-state index contributed by atoms with van der Waals surface area (Å²) >= 11 is 1.36. The number of benzene rings is 1. The van der Waals surface area contributed by atoms with Crippen molar-refractivity contribution in [1.82, 2.24) is 4.98 Å². The van der Waals surface area contributed by atoms with Crippen LogP contribution in [0.5, 0.6) is 0 Å². The molecule has 0 spiro atoms. The third-order valence-electron chi connectivity index (χ3n) is 2.26. The van der Waals surface area contributed by atoms with E-state index in [1.54, 1.807) is 12.1 Å². The smallest absolute Gasteiger partial charge is 0.310 e. The molecule has 0 atom stereocenters. The van der Waals surface area contributed by atoms with E-state index in [1.165, 1.54) is 23.5 Å². The highest BCUT2D eigenvalue weighted by Gasteiger charge is 2.11. The standard InChI is InChI=1S/C12H10FNO2S/c1-7-12(8-2-4-9(13)5-3-8)14-10(17-7)6-11(15)16/h2-5H,6H2,1H3,(H,15,16). The minimum atomic E-state index is -0.899. The van der Waals surface area contributed by atoms with Gasteiger partial charge in [-0.3, -0.25) is 4.79 Å². The second-order valence-electron chi connectivity index (χ2n) is 3.59. The zero-order valence-corrected chi connectivity index (χ0v) is 9.92. The summed E-state index contributed by atoms with van der Waals surface area (Å²) in [5.74, 6) is -1.20. The maximum atomic E-state index is 12.8. The molecule has 88 valence electrons. The first-order chi connectivity index (χ1) is 8.06. The molecule has 1 heterocycles. The largest absolute Gasteiger partial charge is 0.481 e. The Morgan fingerprint density at radius 2 is 2.06 bits per heavy atom. The topological polar surface area (TPSA) is 50.2 Å². The number of nitrogens with zero attached hydrogens (tertiary/aromatic N) is 1. The number of aliphatic carboxylic acids is 1. The van der Waals surface area contributed by atoms with Gasteiger partial charge in [-0.2, -0.15) is 0 Å². The van der Waals surface area contributed by atoms with Crippen LogP contribution in [0.4, 0.5) is 4.39 Å². The predicted molar refractivity (Wildman–Crippen MR) is 63.6 cm³/mol. The summed E-state index contributed by atoms with van der Waals surface area (Å²) in [5.41, 5.74) is 1.53. The zero-order valence-electron chi connectivity index (χ0n) is 9.11. The van der Waals surface area contributed by atoms with Crippen molar-refractivity contribution in [2.75, 3.05) is 0 Å². The zero-order chi connectivity index (χ0) is 12.4. The molecule has 0 aliphatic rings. The van der Waals surface area contributed by atoms with Crippen molar-refractivity contribution in [3.8, 4) is 11.3 Å². The molecule has 17 heavy (non-hydrogen) atoms. The Kier molecular flexibility index (Phi) is 3.19. The maximum Gasteiger partial charge on any atom is 0.310 e. The van der Waals surface area contributed by atoms with Gasteiger partial charge in [0.2, 0.25) is 0 Å². The fourth-order valence-electron chi connectivity index (χ4n) is 1.53. The number of hydrogen-bond donors (Lipinski definition) is 1. The SMILES string of the molecule is Cc1sc(CC(=O)O)nc1-c1ccc(F)cc1. The van der Waals surface area contributed by atoms with E-state index < -0.39 is 5.97 Å². The maximum absolute atomic E-state index is 12.8. The summed E-state index contributed by atoms with van der Waals surface area (Å²) in [6, 6.07) is 6.01. The van der Waals surface area contributed by atoms with E-state index >= 15 is 0 Å². The molecule has 0 aliphatic carbocycles. The molecular formula is C12H10FNO2S. The highest BCUT2D eigenvalue weighted by Crippen LogP contribution is 2.27. The lowest BCUT2D eigenvalue weighted by Gasteiger charge is -1.97. The minimum absolute atomic E-state index is 0.0767. The van der Waals surface area contributed by atoms with E-state index in [0.29, 0.717) is 5.01 Å². The lowest BCUT2D eigenvalue weighted by Crippen LogP contribution is -1.99. The van der Waals surface area contributed by atoms with Crippen LogP contribution in [0.1, 0.15) is 9.88 Å². The highest BCUT2D eigenvalue weighted by atomic mass is 32.1. The molecular weight excluding hydrogens is 241 g/mol. The number of aromatic nitrogens is 1. The second kappa shape index (κ2) is 4.63. The quantitative estimate of drug-likeness (QED) is 0.912. The van der Waals surface area contributed by atoms with Crippen molar-refractivity contribution in [3.05, 3.63) is 40.0 Å². The summed E-state index contributed by atoms with van der Waals surface area (Å²) in [5, 5.41) is 9.26. The van der Waals surface area contributed by atoms with Crippen LogP contribution in [0.2, 0.25) is 0 Å². The molecule has 1 aromatic heterocycles. The van der Waals surface area contributed by atoms with Crippen LogP contribution in [0.15, 0.2) is 24.3 Å². The number of aryl methyl sites for hydroxylation is 1. The molecule has 5 heteroatoms. The van der Waals surface area contributed by atoms with Gasteiger partial charge in [0, 0.05) is 10.4 Å². The molecule has 2 aromatic rings. The number of thiazole rings is 1. The van der Waals surface area contributed by atoms with Crippen LogP contribution >= 0.6 is 11.3 Å². The Morgan fingerprint density at radius 1 is 1.41 bits per heavy atom. The highest BCUT2D eigenvalue weighted by molar-refractivity contribution is 7.12. The van der Waals surface area contributed by atoms with Gasteiger partial charge in [-0.05, 0) is 31.2 Å². The van der Waals surface area contributed by atoms with Gasteiger partial charge in [0.05, 0.1) is 12.1 Å². The lowest BCUT2D eigenvalue weighted by molar-refractivity contribution is -0.136. The number of carboxylic acid groups (broad SMARTS) is 1. The number of carbonyl (C=O) groups is 1. The fourth-order valence-corrected chi connectivity index (χ4v) is 2.48. The summed E-state index contributed by atoms with van der Waals surface area (Å²) in [7, 11) is 0. The Hall–Kier alpha value is -1.75. The van der Waals surface area contributed by atoms with Crippen LogP contribution in [-0.4, -0.2) is 16.1 Å². The third kappa shape index (κ3) is 2.68. The monoisotopic (exact) mass is 251 g/mol. The number of halogens is 1. The molecule has 1 aromatic carbocycles. The van der Waals surface area contributed by atoms with Gasteiger partial charge in [-0.15, -0.1) is 11.3 Å². The Balaban J connectivity index is 2.35. The van der Waals surface area contributed by atoms with E-state index in [4.69, 9.17) is 5.11 Å². The fraction of sp³-hybridized carbons (Fsp3) is 0.167. The summed E-state index contributed by atoms with van der Waals surface area (Å²) < 4.78 is 12.8. The first-order valence-electron chi connectivity index (χ1n) is 5.00. The Bertz CT molecular complexity index is 548. The average molecular weight is 251 g/mol. The second-order valence-corrected chi connectivity index (χ2v) is 4.88. The van der Waals surface area contributed by atoms with E-state index in [2.05, 4.69) is 4.98 Å². The normalized spacial score (nSPS) is 10.5. The summed E-state index contributed by atoms with van der Waals surface area (Å²) in [6.45, 7) is 1.88. The van der Waals surface area contributed by atoms with Gasteiger partial charge < -0.3 is 5.11 Å². The van der Waals surface area contributed by atoms with E-state index in [-0.39, 0.29) is 12.2 Å². The van der Waals surface area contributed by atoms with Crippen molar-refractivity contribution < 1.29 is 14.3 Å². The first kappa shape index (κ1) is 11.7. The molecule has 0 saturated carbocycles. The van der Waals surface area contributed by atoms with Crippen molar-refractivity contribution in [2.45, 2.75) is 13.3 Å². The van der Waals surface area contributed by atoms with Crippen LogP contribution < -0.4 is 0 Å². The molecule has 0 unspecified atom stereocenters. The molecule has 0 amide bonds. The van der Waals surface area contributed by atoms with Crippen molar-refractivity contribution in [3.63, 3.8) is 0 Å². The molecule has 0 bridgehead atoms. The van der Waals surface area contributed by atoms with Crippen LogP contribution in [0.25, 0.3) is 11.3 Å². The molecule has 1 N–H and O–H groups in total. The van der Waals surface area contributed by atoms with Crippen molar-refractivity contribution in [1.29, 1.82) is 0 Å². The Labute approximate surface area is 102 Å². The molecule has 0 aliphatic heterocycles. The van der Waals surface area contributed by atoms with Crippen LogP contribution in [-0.2, 0) is 11.2 Å². The van der Waals surface area contributed by atoms with Crippen molar-refractivity contribution >= 4 is 17.3 Å². The van der Waals surface area contributed by atoms with E-state index in [0.717, 1.165) is 16.1 Å². The number of rotatable bonds is 3. The Morgan fingerprint density at radius 3 is 2.65 bits per heavy atom. The lowest BCUT2D eigenvalue weighted by atomic mass is 10.1. The van der Waals surface area contributed by atoms with Crippen LogP contribution in [0.3, 0.4) is 0 Å². The van der Waals surface area contributed by atoms with E-state index in [9.17, 15) is 9.18 Å². The van der Waals surface area contributed by atoms with Gasteiger partial charge in [-0.1, -0.05) is 0 Å². The minimum Gasteiger partial charge on any atom is -0.481 e. The van der Waals surface area contributed by atoms with Gasteiger partial charge in [0.15, 0.2) is 0 Å². The third-order valence-corrected chi connectivity index (χ3v) is 3.23. The van der Waals surface area contributed by atoms with Gasteiger partial charge >= 0.3 is 5.97 Å². The van der Waals surface area contributed by atoms with Gasteiger partial charge in [0.25, 0.3) is 0 Å². The summed E-state index contributed by atoms with van der Waals surface area (Å²) in [4.78, 5) is 15.8. The first-order valence-corrected chi connectivity index (χ1v) is 5.82. The molecule has 0 saturated heterocycles. The molecule has 0 fully saturated rings. The molecule has 0 radical (unpaired) electrons. The van der Waals surface area contributed by atoms with Crippen LogP contribution in [0, 0.1) is 12.7 Å². The summed E-state index contributed by atoms with van der Waals surface area (Å²) in [6.07, 6.45) is -0.0767. The number of carboxylic acids is 1.